The van der Waals surface area contributed by atoms with E-state index in [4.69, 9.17) is 4.74 Å². The summed E-state index contributed by atoms with van der Waals surface area (Å²) in [5.74, 6) is 1.59. The monoisotopic (exact) mass is 326 g/mol. The third-order valence-corrected chi connectivity index (χ3v) is 5.30. The molecule has 0 aromatic carbocycles. The highest BCUT2D eigenvalue weighted by molar-refractivity contribution is 5.77. The minimum atomic E-state index is -0.00452. The van der Waals surface area contributed by atoms with Crippen molar-refractivity contribution < 1.29 is 9.53 Å². The maximum absolute atomic E-state index is 11.6. The number of nitrogens with zero attached hydrogens (tertiary/aromatic N) is 3. The van der Waals surface area contributed by atoms with Gasteiger partial charge < -0.3 is 19.9 Å². The molecule has 6 heteroatoms. The fraction of sp³-hybridized carbons (Fsp3) is 0.941. The molecule has 3 fully saturated rings. The van der Waals surface area contributed by atoms with E-state index in [2.05, 4.69) is 41.2 Å². The van der Waals surface area contributed by atoms with E-state index in [-0.39, 0.29) is 12.5 Å². The summed E-state index contributed by atoms with van der Waals surface area (Å²) in [4.78, 5) is 18.9. The van der Waals surface area contributed by atoms with Gasteiger partial charge in [-0.05, 0) is 52.4 Å². The summed E-state index contributed by atoms with van der Waals surface area (Å²) in [5, 5.41) is 3.00. The first-order valence-electron chi connectivity index (χ1n) is 8.82. The van der Waals surface area contributed by atoms with Crippen LogP contribution < -0.4 is 5.32 Å². The Labute approximate surface area is 141 Å². The molecule has 3 aliphatic heterocycles. The quantitative estimate of drug-likeness (QED) is 0.644. The second-order valence-corrected chi connectivity index (χ2v) is 7.50. The normalized spacial score (nSPS) is 30.2. The van der Waals surface area contributed by atoms with Crippen LogP contribution in [0.2, 0.25) is 0 Å². The van der Waals surface area contributed by atoms with Crippen LogP contribution in [0.3, 0.4) is 0 Å². The molecule has 3 aliphatic rings. The molecule has 4 unspecified atom stereocenters. The van der Waals surface area contributed by atoms with Crippen LogP contribution in [-0.4, -0.2) is 101 Å². The average molecular weight is 326 g/mol. The van der Waals surface area contributed by atoms with Crippen molar-refractivity contribution in [2.24, 2.45) is 11.8 Å². The Balaban J connectivity index is 1.74. The predicted molar refractivity (Wildman–Crippen MR) is 92.5 cm³/mol. The van der Waals surface area contributed by atoms with Crippen LogP contribution in [0.25, 0.3) is 0 Å². The van der Waals surface area contributed by atoms with Crippen molar-refractivity contribution in [3.63, 3.8) is 0 Å². The number of rotatable bonds is 9. The van der Waals surface area contributed by atoms with E-state index in [1.165, 1.54) is 32.5 Å². The molecule has 3 rings (SSSR count). The molecule has 2 bridgehead atoms. The lowest BCUT2D eigenvalue weighted by molar-refractivity contribution is -0.125. The summed E-state index contributed by atoms with van der Waals surface area (Å²) >= 11 is 0. The van der Waals surface area contributed by atoms with E-state index >= 15 is 0 Å². The Kier molecular flexibility index (Phi) is 7.27. The molecule has 6 nitrogen and oxygen atoms in total. The van der Waals surface area contributed by atoms with Gasteiger partial charge in [0.25, 0.3) is 0 Å². The summed E-state index contributed by atoms with van der Waals surface area (Å²) in [5.41, 5.74) is 0. The highest BCUT2D eigenvalue weighted by atomic mass is 16.5. The zero-order valence-corrected chi connectivity index (χ0v) is 15.3. The zero-order valence-electron chi connectivity index (χ0n) is 15.3. The van der Waals surface area contributed by atoms with Crippen LogP contribution in [0.5, 0.6) is 0 Å². The fourth-order valence-electron chi connectivity index (χ4n) is 3.94. The largest absolute Gasteiger partial charge is 0.375 e. The SMILES string of the molecule is COCC(=O)NCC1CC2CCN1CC2CN(C)CCN(C)C. The van der Waals surface area contributed by atoms with E-state index in [1.807, 2.05) is 0 Å². The van der Waals surface area contributed by atoms with Crippen molar-refractivity contribution in [3.8, 4) is 0 Å². The maximum Gasteiger partial charge on any atom is 0.246 e. The van der Waals surface area contributed by atoms with Crippen molar-refractivity contribution in [1.82, 2.24) is 20.0 Å². The molecule has 0 spiro atoms. The third-order valence-electron chi connectivity index (χ3n) is 5.30. The molecule has 0 radical (unpaired) electrons. The number of piperidine rings is 3. The van der Waals surface area contributed by atoms with Gasteiger partial charge in [-0.25, -0.2) is 0 Å². The van der Waals surface area contributed by atoms with Gasteiger partial charge in [0.2, 0.25) is 5.91 Å². The second kappa shape index (κ2) is 8.97. The molecule has 3 saturated heterocycles. The van der Waals surface area contributed by atoms with Gasteiger partial charge >= 0.3 is 0 Å². The number of likely N-dealkylation sites (N-methyl/N-ethyl adjacent to an activating group) is 2. The van der Waals surface area contributed by atoms with Crippen molar-refractivity contribution in [3.05, 3.63) is 0 Å². The molecule has 23 heavy (non-hydrogen) atoms. The Hall–Kier alpha value is -0.690. The molecule has 0 aliphatic carbocycles. The number of amides is 1. The highest BCUT2D eigenvalue weighted by Gasteiger charge is 2.40. The van der Waals surface area contributed by atoms with Gasteiger partial charge in [0, 0.05) is 45.9 Å². The number of carbonyl (C=O) groups excluding carboxylic acids is 1. The number of nitrogens with one attached hydrogen (secondary N) is 1. The summed E-state index contributed by atoms with van der Waals surface area (Å²) < 4.78 is 4.87. The van der Waals surface area contributed by atoms with Gasteiger partial charge in [0.15, 0.2) is 0 Å². The van der Waals surface area contributed by atoms with Gasteiger partial charge in [-0.2, -0.15) is 0 Å². The first kappa shape index (κ1) is 18.6. The summed E-state index contributed by atoms with van der Waals surface area (Å²) in [6.07, 6.45) is 2.54. The number of methoxy groups -OCH3 is 1. The van der Waals surface area contributed by atoms with Crippen LogP contribution in [0, 0.1) is 11.8 Å². The van der Waals surface area contributed by atoms with E-state index in [1.54, 1.807) is 7.11 Å². The molecule has 0 aromatic rings. The standard InChI is InChI=1S/C17H34N4O2/c1-19(2)7-8-20(3)11-15-12-21-6-5-14(15)9-16(21)10-18-17(22)13-23-4/h14-16H,5-13H2,1-4H3,(H,18,22). The lowest BCUT2D eigenvalue weighted by Crippen LogP contribution is -2.58. The lowest BCUT2D eigenvalue weighted by Gasteiger charge is -2.50. The summed E-state index contributed by atoms with van der Waals surface area (Å²) in [7, 11) is 8.06. The van der Waals surface area contributed by atoms with E-state index < -0.39 is 0 Å². The number of hydrogen-bond acceptors (Lipinski definition) is 5. The van der Waals surface area contributed by atoms with Crippen LogP contribution in [0.4, 0.5) is 0 Å². The number of fused-ring (bicyclic) bond motifs is 3. The summed E-state index contributed by atoms with van der Waals surface area (Å²) in [6, 6.07) is 0.512. The van der Waals surface area contributed by atoms with Gasteiger partial charge in [0.1, 0.15) is 6.61 Å². The van der Waals surface area contributed by atoms with Gasteiger partial charge in [-0.15, -0.1) is 0 Å². The van der Waals surface area contributed by atoms with Crippen LogP contribution in [-0.2, 0) is 9.53 Å². The van der Waals surface area contributed by atoms with Crippen molar-refractivity contribution >= 4 is 5.91 Å². The fourth-order valence-corrected chi connectivity index (χ4v) is 3.94. The van der Waals surface area contributed by atoms with Crippen LogP contribution >= 0.6 is 0 Å². The van der Waals surface area contributed by atoms with Crippen molar-refractivity contribution in [2.45, 2.75) is 18.9 Å². The maximum atomic E-state index is 11.6. The topological polar surface area (TPSA) is 48.1 Å². The molecule has 0 saturated carbocycles. The van der Waals surface area contributed by atoms with E-state index in [0.29, 0.717) is 6.04 Å². The Bertz CT molecular complexity index is 378. The van der Waals surface area contributed by atoms with Gasteiger partial charge in [-0.1, -0.05) is 0 Å². The molecule has 1 amide bonds. The van der Waals surface area contributed by atoms with Crippen molar-refractivity contribution in [2.75, 3.05) is 74.1 Å². The molecule has 3 heterocycles. The van der Waals surface area contributed by atoms with Crippen LogP contribution in [0.1, 0.15) is 12.8 Å². The number of hydrogen-bond donors (Lipinski definition) is 1. The molecular formula is C17H34N4O2. The minimum absolute atomic E-state index is 0.00452. The zero-order chi connectivity index (χ0) is 16.8. The van der Waals surface area contributed by atoms with Crippen molar-refractivity contribution in [1.29, 1.82) is 0 Å². The Morgan fingerprint density at radius 3 is 2.70 bits per heavy atom. The average Bonchev–Trinajstić information content (AvgIpc) is 2.52. The smallest absolute Gasteiger partial charge is 0.246 e. The Morgan fingerprint density at radius 1 is 1.30 bits per heavy atom. The first-order valence-corrected chi connectivity index (χ1v) is 8.82. The molecular weight excluding hydrogens is 292 g/mol. The predicted octanol–water partition coefficient (Wildman–Crippen LogP) is -0.0472. The second-order valence-electron chi connectivity index (χ2n) is 7.50. The molecule has 1 N–H and O–H groups in total. The summed E-state index contributed by atoms with van der Waals surface area (Å²) in [6.45, 7) is 6.74. The van der Waals surface area contributed by atoms with Crippen LogP contribution in [0.15, 0.2) is 0 Å². The number of ether oxygens (including phenoxy) is 1. The highest BCUT2D eigenvalue weighted by Crippen LogP contribution is 2.36. The first-order chi connectivity index (χ1) is 11.0. The van der Waals surface area contributed by atoms with Gasteiger partial charge in [-0.3, -0.25) is 9.69 Å². The minimum Gasteiger partial charge on any atom is -0.375 e. The van der Waals surface area contributed by atoms with Gasteiger partial charge in [0.05, 0.1) is 0 Å². The molecule has 134 valence electrons. The van der Waals surface area contributed by atoms with E-state index in [0.717, 1.165) is 31.5 Å². The lowest BCUT2D eigenvalue weighted by atomic mass is 9.75. The van der Waals surface area contributed by atoms with E-state index in [9.17, 15) is 4.79 Å². The third kappa shape index (κ3) is 5.71. The molecule has 4 atom stereocenters. The Morgan fingerprint density at radius 2 is 2.09 bits per heavy atom. The molecule has 0 aromatic heterocycles. The number of carbonyl (C=O) groups is 1.